The zero-order chi connectivity index (χ0) is 25.6. The van der Waals surface area contributed by atoms with Crippen molar-refractivity contribution in [2.24, 2.45) is 0 Å². The highest BCUT2D eigenvalue weighted by atomic mass is 35.5. The molecule has 3 N–H and O–H groups in total. The first-order valence-electron chi connectivity index (χ1n) is 11.5. The van der Waals surface area contributed by atoms with Crippen LogP contribution >= 0.6 is 11.6 Å². The van der Waals surface area contributed by atoms with Crippen molar-refractivity contribution < 1.29 is 19.7 Å². The molecule has 0 aliphatic carbocycles. The fraction of sp³-hybridized carbons (Fsp3) is 0.407. The first kappa shape index (κ1) is 27.4. The predicted octanol–water partition coefficient (Wildman–Crippen LogP) is 6.41. The minimum absolute atomic E-state index is 0.0810. The second-order valence-electron chi connectivity index (χ2n) is 8.88. The van der Waals surface area contributed by atoms with E-state index >= 15 is 0 Å². The van der Waals surface area contributed by atoms with Crippen molar-refractivity contribution in [1.29, 1.82) is 0 Å². The van der Waals surface area contributed by atoms with Gasteiger partial charge in [-0.15, -0.1) is 0 Å². The number of carboxylic acid groups (broad SMARTS) is 1. The highest BCUT2D eigenvalue weighted by Crippen LogP contribution is 2.45. The van der Waals surface area contributed by atoms with E-state index in [4.69, 9.17) is 21.4 Å². The Morgan fingerprint density at radius 1 is 1.18 bits per heavy atom. The van der Waals surface area contributed by atoms with E-state index in [1.54, 1.807) is 20.8 Å². The molecule has 2 aromatic carbocycles. The first-order chi connectivity index (χ1) is 16.0. The minimum atomic E-state index is -0.880. The van der Waals surface area contributed by atoms with Gasteiger partial charge in [0.25, 0.3) is 0 Å². The predicted molar refractivity (Wildman–Crippen MR) is 140 cm³/mol. The minimum Gasteiger partial charge on any atom is -0.490 e. The standard InChI is InChI=1S/C21H19ClN2O3.C4H10O.C2H6/c1-11-9-16-13(4-3-12(2)24-16)19(15(11)10-18(25)26)14-5-6-17-21(20(14)22)23-7-8-27-17;1-4(2,3)5;1-2/h3-6,9,23H,7-8,10H2,1-2H3,(H,25,26);5H,1-3H3;1-2H3. The summed E-state index contributed by atoms with van der Waals surface area (Å²) >= 11 is 6.74. The Kier molecular flexibility index (Phi) is 9.30. The Morgan fingerprint density at radius 3 is 2.44 bits per heavy atom. The molecule has 1 aromatic heterocycles. The zero-order valence-corrected chi connectivity index (χ0v) is 21.8. The molecule has 0 bridgehead atoms. The number of pyridine rings is 1. The zero-order valence-electron chi connectivity index (χ0n) is 21.0. The Balaban J connectivity index is 0.000000520. The number of benzene rings is 2. The molecule has 3 aromatic rings. The number of aliphatic hydroxyl groups is 1. The van der Waals surface area contributed by atoms with Gasteiger partial charge >= 0.3 is 5.97 Å². The Hall–Kier alpha value is -2.83. The van der Waals surface area contributed by atoms with Gasteiger partial charge in [-0.1, -0.05) is 31.5 Å². The number of nitrogens with one attached hydrogen (secondary N) is 1. The molecule has 6 nitrogen and oxygen atoms in total. The van der Waals surface area contributed by atoms with E-state index in [0.29, 0.717) is 23.9 Å². The molecule has 34 heavy (non-hydrogen) atoms. The van der Waals surface area contributed by atoms with E-state index in [1.807, 2.05) is 58.0 Å². The van der Waals surface area contributed by atoms with E-state index in [2.05, 4.69) is 10.3 Å². The number of rotatable bonds is 3. The van der Waals surface area contributed by atoms with E-state index in [9.17, 15) is 9.90 Å². The summed E-state index contributed by atoms with van der Waals surface area (Å²) in [5.41, 5.74) is 5.22. The Bertz CT molecular complexity index is 1160. The molecule has 184 valence electrons. The maximum absolute atomic E-state index is 11.5. The van der Waals surface area contributed by atoms with Crippen LogP contribution in [-0.2, 0) is 11.2 Å². The van der Waals surface area contributed by atoms with Gasteiger partial charge in [0.15, 0.2) is 0 Å². The van der Waals surface area contributed by atoms with Crippen LogP contribution in [0, 0.1) is 13.8 Å². The maximum atomic E-state index is 11.5. The molecule has 0 saturated carbocycles. The number of aromatic nitrogens is 1. The number of hydrogen-bond acceptors (Lipinski definition) is 5. The number of aryl methyl sites for hydroxylation is 2. The highest BCUT2D eigenvalue weighted by Gasteiger charge is 2.22. The molecule has 0 radical (unpaired) electrons. The van der Waals surface area contributed by atoms with E-state index in [1.165, 1.54) is 0 Å². The quantitative estimate of drug-likeness (QED) is 0.396. The van der Waals surface area contributed by atoms with Gasteiger partial charge in [-0.3, -0.25) is 9.78 Å². The molecular weight excluding hydrogens is 452 g/mol. The molecule has 2 heterocycles. The summed E-state index contributed by atoms with van der Waals surface area (Å²) < 4.78 is 5.66. The lowest BCUT2D eigenvalue weighted by molar-refractivity contribution is -0.136. The molecule has 0 saturated heterocycles. The van der Waals surface area contributed by atoms with Crippen molar-refractivity contribution in [2.75, 3.05) is 18.5 Å². The van der Waals surface area contributed by atoms with E-state index < -0.39 is 11.6 Å². The second-order valence-corrected chi connectivity index (χ2v) is 9.26. The first-order valence-corrected chi connectivity index (χ1v) is 11.9. The number of anilines is 1. The number of hydrogen-bond donors (Lipinski definition) is 3. The fourth-order valence-corrected chi connectivity index (χ4v) is 3.93. The number of nitrogens with zero attached hydrogens (tertiary/aromatic N) is 1. The molecule has 0 atom stereocenters. The van der Waals surface area contributed by atoms with E-state index in [0.717, 1.165) is 44.5 Å². The lowest BCUT2D eigenvalue weighted by Gasteiger charge is -2.23. The topological polar surface area (TPSA) is 91.7 Å². The van der Waals surface area contributed by atoms with Crippen molar-refractivity contribution in [3.63, 3.8) is 0 Å². The van der Waals surface area contributed by atoms with Gasteiger partial charge in [-0.2, -0.15) is 0 Å². The van der Waals surface area contributed by atoms with Crippen LogP contribution in [0.2, 0.25) is 5.02 Å². The smallest absolute Gasteiger partial charge is 0.307 e. The molecular formula is C27H35ClN2O4. The highest BCUT2D eigenvalue weighted by molar-refractivity contribution is 6.37. The van der Waals surface area contributed by atoms with Gasteiger partial charge in [0.05, 0.1) is 28.2 Å². The molecule has 0 unspecified atom stereocenters. The molecule has 4 rings (SSSR count). The van der Waals surface area contributed by atoms with Crippen molar-refractivity contribution in [2.45, 2.75) is 60.5 Å². The molecule has 1 aliphatic rings. The molecule has 1 aliphatic heterocycles. The molecule has 0 amide bonds. The summed E-state index contributed by atoms with van der Waals surface area (Å²) in [5.74, 6) is -0.171. The lowest BCUT2D eigenvalue weighted by Crippen LogP contribution is -2.18. The van der Waals surface area contributed by atoms with Crippen LogP contribution in [0.15, 0.2) is 30.3 Å². The number of halogens is 1. The number of aliphatic carboxylic acids is 1. The van der Waals surface area contributed by atoms with E-state index in [-0.39, 0.29) is 6.42 Å². The van der Waals surface area contributed by atoms with Gasteiger partial charge in [-0.05, 0) is 75.6 Å². The number of carbonyl (C=O) groups is 1. The lowest BCUT2D eigenvalue weighted by atomic mass is 9.89. The maximum Gasteiger partial charge on any atom is 0.307 e. The molecule has 0 spiro atoms. The summed E-state index contributed by atoms with van der Waals surface area (Å²) in [6, 6.07) is 9.63. The van der Waals surface area contributed by atoms with Gasteiger partial charge in [0.1, 0.15) is 12.4 Å². The van der Waals surface area contributed by atoms with Crippen LogP contribution < -0.4 is 10.1 Å². The number of carboxylic acids is 1. The molecule has 7 heteroatoms. The Morgan fingerprint density at radius 2 is 1.82 bits per heavy atom. The number of ether oxygens (including phenoxy) is 1. The fourth-order valence-electron chi connectivity index (χ4n) is 3.61. The average Bonchev–Trinajstić information content (AvgIpc) is 2.75. The number of fused-ring (bicyclic) bond motifs is 2. The summed E-state index contributed by atoms with van der Waals surface area (Å²) in [7, 11) is 0. The van der Waals surface area contributed by atoms with Crippen LogP contribution in [0.1, 0.15) is 51.4 Å². The van der Waals surface area contributed by atoms with Crippen LogP contribution in [0.5, 0.6) is 5.75 Å². The normalized spacial score (nSPS) is 12.3. The average molecular weight is 487 g/mol. The van der Waals surface area contributed by atoms with Crippen LogP contribution in [-0.4, -0.2) is 39.9 Å². The van der Waals surface area contributed by atoms with Crippen LogP contribution in [0.3, 0.4) is 0 Å². The van der Waals surface area contributed by atoms with Gasteiger partial charge in [-0.25, -0.2) is 0 Å². The monoisotopic (exact) mass is 486 g/mol. The van der Waals surface area contributed by atoms with Crippen molar-refractivity contribution >= 4 is 34.2 Å². The summed E-state index contributed by atoms with van der Waals surface area (Å²) in [5, 5.41) is 22.7. The third kappa shape index (κ3) is 6.84. The SMILES string of the molecule is CC.CC(C)(C)O.Cc1ccc2c(-c3ccc4c(c3Cl)NCCO4)c(CC(=O)O)c(C)cc2n1. The Labute approximate surface area is 206 Å². The van der Waals surface area contributed by atoms with Crippen LogP contribution in [0.25, 0.3) is 22.0 Å². The van der Waals surface area contributed by atoms with Crippen molar-refractivity contribution in [1.82, 2.24) is 4.98 Å². The third-order valence-electron chi connectivity index (χ3n) is 4.83. The van der Waals surface area contributed by atoms with Gasteiger partial charge < -0.3 is 20.3 Å². The summed E-state index contributed by atoms with van der Waals surface area (Å²) in [6.45, 7) is 14.3. The van der Waals surface area contributed by atoms with Crippen LogP contribution in [0.4, 0.5) is 5.69 Å². The third-order valence-corrected chi connectivity index (χ3v) is 5.22. The van der Waals surface area contributed by atoms with Crippen molar-refractivity contribution in [3.8, 4) is 16.9 Å². The summed E-state index contributed by atoms with van der Waals surface area (Å²) in [6.07, 6.45) is -0.0810. The van der Waals surface area contributed by atoms with Gasteiger partial charge in [0.2, 0.25) is 0 Å². The molecule has 0 fully saturated rings. The van der Waals surface area contributed by atoms with Gasteiger partial charge in [0, 0.05) is 23.2 Å². The largest absolute Gasteiger partial charge is 0.490 e. The van der Waals surface area contributed by atoms with Crippen molar-refractivity contribution in [3.05, 3.63) is 52.2 Å². The summed E-state index contributed by atoms with van der Waals surface area (Å²) in [4.78, 5) is 16.2. The second kappa shape index (κ2) is 11.5.